The van der Waals surface area contributed by atoms with Crippen LogP contribution in [0.1, 0.15) is 143 Å². The fraction of sp³-hybridized carbons (Fsp3) is 0.208. The quantitative estimate of drug-likeness (QED) is 0.0826. The zero-order chi connectivity index (χ0) is 78.7. The first-order chi connectivity index (χ1) is 54.8. The van der Waals surface area contributed by atoms with Crippen molar-refractivity contribution in [3.05, 3.63) is 329 Å². The molecule has 20 heteroatoms. The Morgan fingerprint density at radius 3 is 1.09 bits per heavy atom. The van der Waals surface area contributed by atoms with E-state index in [1.807, 2.05) is 208 Å². The number of benzene rings is 6. The van der Waals surface area contributed by atoms with E-state index in [2.05, 4.69) is 136 Å². The molecule has 0 fully saturated rings. The first kappa shape index (κ1) is 94.8. The van der Waals surface area contributed by atoms with Gasteiger partial charge in [0.05, 0.1) is 44.2 Å². The summed E-state index contributed by atoms with van der Waals surface area (Å²) in [7, 11) is 3.65. The molecule has 13 nitrogen and oxygen atoms in total. The number of phenols is 2. The van der Waals surface area contributed by atoms with Crippen LogP contribution in [0.25, 0.3) is 98.9 Å². The summed E-state index contributed by atoms with van der Waals surface area (Å²) >= 11 is 3.29. The van der Waals surface area contributed by atoms with Gasteiger partial charge in [-0.1, -0.05) is 175 Å². The van der Waals surface area contributed by atoms with E-state index in [1.54, 1.807) is 58.4 Å². The number of hydrogen-bond acceptors (Lipinski definition) is 12. The van der Waals surface area contributed by atoms with Crippen molar-refractivity contribution < 1.29 is 120 Å². The summed E-state index contributed by atoms with van der Waals surface area (Å²) in [6.07, 6.45) is 13.0. The predicted octanol–water partition coefficient (Wildman–Crippen LogP) is 22.6. The van der Waals surface area contributed by atoms with Crippen molar-refractivity contribution in [1.82, 2.24) is 49.6 Å². The Morgan fingerprint density at radius 2 is 0.793 bits per heavy atom. The Morgan fingerprint density at radius 1 is 0.431 bits per heavy atom. The number of aromatic hydroxyl groups is 2. The number of hydrogen-bond donors (Lipinski definition) is 2. The SMILES string of the molecule is CCC1=C(CC)c2cc3[n-]c(cc4nc(cc5[n-]c(cc1n2)c(CC)c5CC)C(CC)=C4CC)c(CC)c3CC.Oc1ccccc1-c1nc2ccccc2s1.Oc1ccccc1C1=NCCS1.[BH]n1nc(C)cc1C.[Eu].[Ir+3].[Pt+2].[Zn].[c-]1ccccc1-c1ccccn1.[c-]1ccccc1-c1ccccn1.[c-]1ccccc1-c1ccccn1. The summed E-state index contributed by atoms with van der Waals surface area (Å²) in [5.74, 6) is 1.64. The van der Waals surface area contributed by atoms with Crippen molar-refractivity contribution >= 4 is 90.7 Å². The zero-order valence-electron chi connectivity index (χ0n) is 67.3. The monoisotopic (exact) mass is 2110 g/mol. The van der Waals surface area contributed by atoms with Gasteiger partial charge in [0.25, 0.3) is 7.98 Å². The van der Waals surface area contributed by atoms with Crippen LogP contribution in [-0.2, 0) is 86.3 Å². The maximum Gasteiger partial charge on any atom is 3.00 e. The molecule has 0 unspecified atom stereocenters. The van der Waals surface area contributed by atoms with E-state index in [9.17, 15) is 10.2 Å². The minimum Gasteiger partial charge on any atom is -0.657 e. The number of aryl methyl sites for hydroxylation is 6. The van der Waals surface area contributed by atoms with Crippen LogP contribution < -0.4 is 9.97 Å². The first-order valence-electron chi connectivity index (χ1n) is 38.5. The van der Waals surface area contributed by atoms with Crippen molar-refractivity contribution in [1.29, 1.82) is 0 Å². The van der Waals surface area contributed by atoms with Crippen LogP contribution in [0.3, 0.4) is 0 Å². The van der Waals surface area contributed by atoms with Crippen LogP contribution >= 0.6 is 23.1 Å². The van der Waals surface area contributed by atoms with Crippen LogP contribution in [0.2, 0.25) is 0 Å². The number of phenolic OH excluding ortho intramolecular Hbond substituents is 2. The van der Waals surface area contributed by atoms with Crippen LogP contribution in [0, 0.1) is 81.4 Å². The number of aliphatic imine (C=N–C) groups is 1. The number of para-hydroxylation sites is 3. The third-order valence-electron chi connectivity index (χ3n) is 19.0. The molecule has 0 saturated carbocycles. The second-order valence-corrected chi connectivity index (χ2v) is 28.3. The zero-order valence-corrected chi connectivity index (χ0v) is 79.0. The van der Waals surface area contributed by atoms with E-state index in [-0.39, 0.29) is 116 Å². The number of rotatable bonds is 13. The summed E-state index contributed by atoms with van der Waals surface area (Å²) in [4.78, 5) is 42.5. The van der Waals surface area contributed by atoms with Gasteiger partial charge in [0, 0.05) is 111 Å². The summed E-state index contributed by atoms with van der Waals surface area (Å²) < 4.78 is 2.76. The van der Waals surface area contributed by atoms with E-state index < -0.39 is 0 Å². The number of aromatic nitrogens is 10. The summed E-state index contributed by atoms with van der Waals surface area (Å²) in [5, 5.41) is 25.1. The van der Waals surface area contributed by atoms with Crippen LogP contribution in [0.4, 0.5) is 0 Å². The molecule has 0 saturated heterocycles. The number of allylic oxidation sites excluding steroid dienone is 4. The van der Waals surface area contributed by atoms with E-state index in [4.69, 9.17) is 19.9 Å². The fourth-order valence-electron chi connectivity index (χ4n) is 13.6. The van der Waals surface area contributed by atoms with E-state index in [0.29, 0.717) is 5.75 Å². The van der Waals surface area contributed by atoms with Crippen LogP contribution in [0.5, 0.6) is 11.5 Å². The topological polar surface area (TPSA) is 176 Å². The Labute approximate surface area is 774 Å². The van der Waals surface area contributed by atoms with Gasteiger partial charge in [-0.05, 0) is 165 Å². The van der Waals surface area contributed by atoms with Gasteiger partial charge in [-0.15, -0.1) is 153 Å². The molecule has 8 aromatic heterocycles. The number of thiazole rings is 1. The second kappa shape index (κ2) is 48.5. The molecular formula is C96H94BEuIrN11O2PtS2Zn. The molecule has 116 heavy (non-hydrogen) atoms. The maximum atomic E-state index is 9.76. The summed E-state index contributed by atoms with van der Waals surface area (Å²) in [6, 6.07) is 84.0. The molecule has 2 radical (unpaired) electrons. The number of thioether (sulfide) groups is 1. The normalized spacial score (nSPS) is 11.5. The molecule has 6 aromatic carbocycles. The molecule has 0 amide bonds. The van der Waals surface area contributed by atoms with Crippen molar-refractivity contribution in [2.75, 3.05) is 12.3 Å². The Kier molecular flexibility index (Phi) is 39.7. The Hall–Kier alpha value is -8.30. The van der Waals surface area contributed by atoms with Gasteiger partial charge in [0.2, 0.25) is 0 Å². The summed E-state index contributed by atoms with van der Waals surface area (Å²) in [5.41, 5.74) is 29.9. The number of pyridine rings is 3. The van der Waals surface area contributed by atoms with E-state index in [0.717, 1.165) is 185 Å². The fourth-order valence-corrected chi connectivity index (χ4v) is 15.5. The van der Waals surface area contributed by atoms with Gasteiger partial charge in [-0.3, -0.25) is 4.99 Å². The van der Waals surface area contributed by atoms with Crippen molar-refractivity contribution in [2.45, 2.75) is 121 Å². The molecule has 14 aromatic rings. The van der Waals surface area contributed by atoms with Gasteiger partial charge in [0.15, 0.2) is 0 Å². The Bertz CT molecular complexity index is 5110. The smallest absolute Gasteiger partial charge is 0.657 e. The Balaban J connectivity index is 0.000000203. The van der Waals surface area contributed by atoms with Crippen molar-refractivity contribution in [3.8, 4) is 55.8 Å². The summed E-state index contributed by atoms with van der Waals surface area (Å²) in [6.45, 7) is 22.7. The largest absolute Gasteiger partial charge is 3.00 e. The van der Waals surface area contributed by atoms with Gasteiger partial charge in [-0.25, -0.2) is 15.0 Å². The molecule has 3 aliphatic rings. The van der Waals surface area contributed by atoms with Crippen molar-refractivity contribution in [3.63, 3.8) is 0 Å². The van der Waals surface area contributed by atoms with Gasteiger partial charge in [-0.2, -0.15) is 5.10 Å². The van der Waals surface area contributed by atoms with E-state index in [1.165, 1.54) is 44.5 Å². The molecule has 8 bridgehead atoms. The average molecular weight is 2110 g/mol. The molecule has 2 N–H and O–H groups in total. The standard InChI is InChI=1S/C36H44N4.C13H9NOS.3C11H8N.C9H9NOS.C5H8BN2.Eu.Ir.Pt.Zn/c1-9-21-22(10-2)30-18-32-25(13-5)26(14-6)34(39-32)20-36-28(16-8)27(15-7)35(40-36)19-33-24(12-4)23(11-3)31(38-33)17-29(21)37-30;15-11-7-3-1-5-9(11)13-14-10-6-2-4-8-12(10)16-13;3*1-2-6-10(7-3-1)11-8-4-5-9-12-11;11-8-4-2-1-3-7(8)9-10-5-6-12-9;1-4-3-5(2)8(6)7-4;;;;/h17-20H,9-16H2,1-8H3;1-8,15H;3*1-6,8-9H;1-4,11H,5-6H2;3,6H,1-2H3;;;;/q-2;;3*-1;;;;+3;+2;. The predicted molar refractivity (Wildman–Crippen MR) is 470 cm³/mol. The minimum atomic E-state index is 0. The molecule has 0 spiro atoms. The van der Waals surface area contributed by atoms with E-state index >= 15 is 0 Å². The molecule has 588 valence electrons. The maximum absolute atomic E-state index is 9.76. The molecular weight excluding hydrogens is 2020 g/mol. The molecule has 0 aliphatic carbocycles. The first-order valence-corrected chi connectivity index (χ1v) is 40.3. The third kappa shape index (κ3) is 24.9. The third-order valence-corrected chi connectivity index (χ3v) is 21.1. The minimum absolute atomic E-state index is 0. The molecule has 11 heterocycles. The van der Waals surface area contributed by atoms with Crippen molar-refractivity contribution in [2.24, 2.45) is 4.99 Å². The molecule has 0 atom stereocenters. The van der Waals surface area contributed by atoms with Gasteiger partial charge in [0.1, 0.15) is 21.6 Å². The van der Waals surface area contributed by atoms with Crippen LogP contribution in [-0.4, -0.2) is 75.1 Å². The van der Waals surface area contributed by atoms with Gasteiger partial charge >= 0.3 is 41.2 Å². The average Bonchev–Trinajstić information content (AvgIpc) is 1.62. The van der Waals surface area contributed by atoms with Crippen LogP contribution in [0.15, 0.2) is 254 Å². The second-order valence-electron chi connectivity index (χ2n) is 26.2. The molecule has 17 rings (SSSR count). The molecule has 3 aliphatic heterocycles. The number of fused-ring (bicyclic) bond motifs is 9. The van der Waals surface area contributed by atoms with Gasteiger partial charge < -0.3 is 39.7 Å². The number of nitrogens with zero attached hydrogens (tertiary/aromatic N) is 11.